The summed E-state index contributed by atoms with van der Waals surface area (Å²) in [5, 5.41) is 0.728. The number of sulfone groups is 1. The summed E-state index contributed by atoms with van der Waals surface area (Å²) in [4.78, 5) is 3.24. The Kier molecular flexibility index (Phi) is 4.45. The van der Waals surface area contributed by atoms with Gasteiger partial charge in [-0.2, -0.15) is 8.42 Å². The zero-order valence-electron chi connectivity index (χ0n) is 14.3. The molecule has 7 nitrogen and oxygen atoms in total. The molecular weight excluding hydrogens is 378 g/mol. The molecule has 0 aliphatic carbocycles. The van der Waals surface area contributed by atoms with Gasteiger partial charge in [-0.05, 0) is 43.3 Å². The minimum absolute atomic E-state index is 0.126. The standard InChI is InChI=1S/C17H17NO6S2/c1-11-8-12-9-14(10-16(17(12)18-11)24-26(3,21)22)23-13-4-6-15(7-5-13)25(2,19)20/h4-10,18H,1-3H3. The first-order valence-corrected chi connectivity index (χ1v) is 11.2. The fourth-order valence-corrected chi connectivity index (χ4v) is 3.59. The van der Waals surface area contributed by atoms with E-state index in [1.165, 1.54) is 30.3 Å². The van der Waals surface area contributed by atoms with Gasteiger partial charge < -0.3 is 13.9 Å². The molecule has 0 aliphatic heterocycles. The van der Waals surface area contributed by atoms with Crippen LogP contribution in [0.2, 0.25) is 0 Å². The smallest absolute Gasteiger partial charge is 0.306 e. The van der Waals surface area contributed by atoms with Crippen LogP contribution < -0.4 is 8.92 Å². The van der Waals surface area contributed by atoms with Crippen molar-refractivity contribution in [1.82, 2.24) is 4.98 Å². The number of ether oxygens (including phenoxy) is 1. The second-order valence-corrected chi connectivity index (χ2v) is 9.56. The molecule has 3 aromatic rings. The van der Waals surface area contributed by atoms with Crippen LogP contribution in [0.25, 0.3) is 10.9 Å². The maximum atomic E-state index is 11.5. The zero-order chi connectivity index (χ0) is 19.1. The summed E-state index contributed by atoms with van der Waals surface area (Å²) < 4.78 is 56.8. The second-order valence-electron chi connectivity index (χ2n) is 5.97. The quantitative estimate of drug-likeness (QED) is 0.666. The van der Waals surface area contributed by atoms with Crippen LogP contribution in [-0.4, -0.2) is 34.3 Å². The summed E-state index contributed by atoms with van der Waals surface area (Å²) in [6, 6.07) is 11.0. The van der Waals surface area contributed by atoms with Crippen LogP contribution in [0.5, 0.6) is 17.2 Å². The third kappa shape index (κ3) is 4.17. The number of benzene rings is 2. The van der Waals surface area contributed by atoms with E-state index >= 15 is 0 Å². The lowest BCUT2D eigenvalue weighted by Crippen LogP contribution is -2.06. The van der Waals surface area contributed by atoms with E-state index in [0.717, 1.165) is 23.6 Å². The maximum Gasteiger partial charge on any atom is 0.306 e. The highest BCUT2D eigenvalue weighted by Crippen LogP contribution is 2.34. The first kappa shape index (κ1) is 18.3. The fourth-order valence-electron chi connectivity index (χ4n) is 2.50. The normalized spacial score (nSPS) is 12.3. The highest BCUT2D eigenvalue weighted by Gasteiger charge is 2.14. The molecule has 26 heavy (non-hydrogen) atoms. The van der Waals surface area contributed by atoms with Crippen LogP contribution in [0.4, 0.5) is 0 Å². The second kappa shape index (κ2) is 6.33. The molecule has 0 spiro atoms. The van der Waals surface area contributed by atoms with Crippen LogP contribution in [0.3, 0.4) is 0 Å². The summed E-state index contributed by atoms with van der Waals surface area (Å²) in [5.41, 5.74) is 1.39. The Morgan fingerprint density at radius 2 is 1.54 bits per heavy atom. The van der Waals surface area contributed by atoms with Crippen molar-refractivity contribution in [3.05, 3.63) is 48.2 Å². The number of hydrogen-bond acceptors (Lipinski definition) is 6. The number of aryl methyl sites for hydroxylation is 1. The number of rotatable bonds is 5. The lowest BCUT2D eigenvalue weighted by atomic mass is 10.2. The summed E-state index contributed by atoms with van der Waals surface area (Å²) >= 11 is 0. The first-order chi connectivity index (χ1) is 12.0. The zero-order valence-corrected chi connectivity index (χ0v) is 15.9. The van der Waals surface area contributed by atoms with Gasteiger partial charge in [0.15, 0.2) is 15.6 Å². The van der Waals surface area contributed by atoms with Crippen molar-refractivity contribution >= 4 is 30.9 Å². The van der Waals surface area contributed by atoms with E-state index in [-0.39, 0.29) is 10.6 Å². The van der Waals surface area contributed by atoms with Crippen LogP contribution in [0.1, 0.15) is 5.69 Å². The Bertz CT molecular complexity index is 1180. The average molecular weight is 395 g/mol. The topological polar surface area (TPSA) is 103 Å². The van der Waals surface area contributed by atoms with Crippen molar-refractivity contribution in [2.75, 3.05) is 12.5 Å². The Morgan fingerprint density at radius 3 is 2.12 bits per heavy atom. The van der Waals surface area contributed by atoms with Crippen LogP contribution in [0, 0.1) is 6.92 Å². The number of fused-ring (bicyclic) bond motifs is 1. The van der Waals surface area contributed by atoms with Crippen molar-refractivity contribution in [1.29, 1.82) is 0 Å². The maximum absolute atomic E-state index is 11.5. The molecule has 138 valence electrons. The van der Waals surface area contributed by atoms with E-state index in [2.05, 4.69) is 4.98 Å². The Morgan fingerprint density at radius 1 is 0.885 bits per heavy atom. The number of H-pyrrole nitrogens is 1. The van der Waals surface area contributed by atoms with Crippen molar-refractivity contribution in [3.63, 3.8) is 0 Å². The molecule has 0 atom stereocenters. The Labute approximate surface area is 151 Å². The van der Waals surface area contributed by atoms with Crippen molar-refractivity contribution in [3.8, 4) is 17.2 Å². The summed E-state index contributed by atoms with van der Waals surface area (Å²) in [7, 11) is -7.01. The predicted octanol–water partition coefficient (Wildman–Crippen LogP) is 3.01. The predicted molar refractivity (Wildman–Crippen MR) is 98.1 cm³/mol. The molecule has 0 saturated heterocycles. The largest absolute Gasteiger partial charge is 0.457 e. The molecule has 2 aromatic carbocycles. The molecule has 0 radical (unpaired) electrons. The van der Waals surface area contributed by atoms with E-state index < -0.39 is 20.0 Å². The Hall–Kier alpha value is -2.52. The van der Waals surface area contributed by atoms with Crippen LogP contribution >= 0.6 is 0 Å². The fraction of sp³-hybridized carbons (Fsp3) is 0.176. The van der Waals surface area contributed by atoms with Crippen LogP contribution in [0.15, 0.2) is 47.4 Å². The molecule has 0 saturated carbocycles. The lowest BCUT2D eigenvalue weighted by Gasteiger charge is -2.10. The van der Waals surface area contributed by atoms with Crippen molar-refractivity contribution in [2.24, 2.45) is 0 Å². The van der Waals surface area contributed by atoms with Crippen molar-refractivity contribution < 1.29 is 25.8 Å². The third-order valence-electron chi connectivity index (χ3n) is 3.53. The average Bonchev–Trinajstić information content (AvgIpc) is 2.86. The van der Waals surface area contributed by atoms with E-state index in [0.29, 0.717) is 17.0 Å². The van der Waals surface area contributed by atoms with Crippen molar-refractivity contribution in [2.45, 2.75) is 11.8 Å². The summed E-state index contributed by atoms with van der Waals surface area (Å²) in [5.74, 6) is 0.900. The van der Waals surface area contributed by atoms with E-state index in [4.69, 9.17) is 8.92 Å². The number of aromatic nitrogens is 1. The number of nitrogens with one attached hydrogen (secondary N) is 1. The monoisotopic (exact) mass is 395 g/mol. The molecule has 1 heterocycles. The molecule has 1 aromatic heterocycles. The minimum atomic E-state index is -3.71. The first-order valence-electron chi connectivity index (χ1n) is 7.52. The van der Waals surface area contributed by atoms with E-state index in [9.17, 15) is 16.8 Å². The van der Waals surface area contributed by atoms with Gasteiger partial charge in [0.2, 0.25) is 0 Å². The van der Waals surface area contributed by atoms with Gasteiger partial charge in [0, 0.05) is 23.4 Å². The van der Waals surface area contributed by atoms with Gasteiger partial charge in [-0.1, -0.05) is 0 Å². The highest BCUT2D eigenvalue weighted by molar-refractivity contribution is 7.90. The molecule has 0 fully saturated rings. The van der Waals surface area contributed by atoms with Gasteiger partial charge in [-0.15, -0.1) is 0 Å². The molecule has 1 N–H and O–H groups in total. The molecule has 9 heteroatoms. The van der Waals surface area contributed by atoms with Gasteiger partial charge in [0.1, 0.15) is 11.5 Å². The van der Waals surface area contributed by atoms with Gasteiger partial charge in [-0.25, -0.2) is 8.42 Å². The van der Waals surface area contributed by atoms with Gasteiger partial charge in [-0.3, -0.25) is 0 Å². The van der Waals surface area contributed by atoms with Gasteiger partial charge >= 0.3 is 10.1 Å². The Balaban J connectivity index is 2.00. The number of aromatic amines is 1. The summed E-state index contributed by atoms with van der Waals surface area (Å²) in [6.07, 6.45) is 2.09. The van der Waals surface area contributed by atoms with E-state index in [1.54, 1.807) is 6.07 Å². The molecular formula is C17H17NO6S2. The molecule has 0 bridgehead atoms. The SMILES string of the molecule is Cc1cc2cc(Oc3ccc(S(C)(=O)=O)cc3)cc(OS(C)(=O)=O)c2[nH]1. The molecule has 3 rings (SSSR count). The van der Waals surface area contributed by atoms with E-state index in [1.807, 2.05) is 13.0 Å². The minimum Gasteiger partial charge on any atom is -0.457 e. The molecule has 0 amide bonds. The van der Waals surface area contributed by atoms with Gasteiger partial charge in [0.05, 0.1) is 16.7 Å². The highest BCUT2D eigenvalue weighted by atomic mass is 32.2. The van der Waals surface area contributed by atoms with Crippen LogP contribution in [-0.2, 0) is 20.0 Å². The molecule has 0 unspecified atom stereocenters. The number of hydrogen-bond donors (Lipinski definition) is 1. The summed E-state index contributed by atoms with van der Waals surface area (Å²) in [6.45, 7) is 1.84. The molecule has 0 aliphatic rings. The van der Waals surface area contributed by atoms with Gasteiger partial charge in [0.25, 0.3) is 0 Å². The lowest BCUT2D eigenvalue weighted by molar-refractivity contribution is 0.473. The third-order valence-corrected chi connectivity index (χ3v) is 5.14.